The number of hydrogen-bond acceptors (Lipinski definition) is 6. The second-order valence-corrected chi connectivity index (χ2v) is 9.31. The SMILES string of the molecule is O=C(Nc1ccc(S(=O)(=O)Nc2ccc(Cl)cc2)cc1)c1cnn2c(-c3ccco3)ccnc12. The zero-order chi connectivity index (χ0) is 23.7. The molecule has 34 heavy (non-hydrogen) atoms. The van der Waals surface area contributed by atoms with Crippen LogP contribution in [0.4, 0.5) is 11.4 Å². The first-order valence-electron chi connectivity index (χ1n) is 9.97. The molecule has 0 radical (unpaired) electrons. The van der Waals surface area contributed by atoms with E-state index in [-0.39, 0.29) is 10.5 Å². The fourth-order valence-electron chi connectivity index (χ4n) is 3.31. The average molecular weight is 494 g/mol. The van der Waals surface area contributed by atoms with Crippen LogP contribution in [0.1, 0.15) is 10.4 Å². The number of halogens is 1. The molecule has 0 aliphatic carbocycles. The number of nitrogens with one attached hydrogen (secondary N) is 2. The first-order valence-corrected chi connectivity index (χ1v) is 11.8. The molecule has 9 nitrogen and oxygen atoms in total. The van der Waals surface area contributed by atoms with Gasteiger partial charge in [-0.1, -0.05) is 11.6 Å². The average Bonchev–Trinajstić information content (AvgIpc) is 3.51. The Bertz CT molecular complexity index is 1580. The second kappa shape index (κ2) is 8.65. The third kappa shape index (κ3) is 4.24. The predicted octanol–water partition coefficient (Wildman–Crippen LogP) is 4.70. The van der Waals surface area contributed by atoms with Crippen LogP contribution in [-0.4, -0.2) is 28.9 Å². The van der Waals surface area contributed by atoms with Crippen LogP contribution in [0.25, 0.3) is 17.1 Å². The van der Waals surface area contributed by atoms with Gasteiger partial charge in [-0.05, 0) is 66.7 Å². The summed E-state index contributed by atoms with van der Waals surface area (Å²) >= 11 is 5.83. The molecule has 0 bridgehead atoms. The summed E-state index contributed by atoms with van der Waals surface area (Å²) in [6.07, 6.45) is 4.53. The van der Waals surface area contributed by atoms with Crippen molar-refractivity contribution < 1.29 is 17.6 Å². The number of hydrogen-bond donors (Lipinski definition) is 2. The van der Waals surface area contributed by atoms with E-state index in [9.17, 15) is 13.2 Å². The van der Waals surface area contributed by atoms with Crippen molar-refractivity contribution in [1.82, 2.24) is 14.6 Å². The summed E-state index contributed by atoms with van der Waals surface area (Å²) in [6.45, 7) is 0. The van der Waals surface area contributed by atoms with Crippen molar-refractivity contribution in [2.75, 3.05) is 10.0 Å². The quantitative estimate of drug-likeness (QED) is 0.354. The molecule has 1 amide bonds. The zero-order valence-electron chi connectivity index (χ0n) is 17.3. The summed E-state index contributed by atoms with van der Waals surface area (Å²) in [5.41, 5.74) is 2.07. The van der Waals surface area contributed by atoms with Crippen LogP contribution in [-0.2, 0) is 10.0 Å². The molecule has 0 spiro atoms. The number of anilines is 2. The molecule has 170 valence electrons. The van der Waals surface area contributed by atoms with Gasteiger partial charge in [0.1, 0.15) is 11.3 Å². The molecular formula is C23H16ClN5O4S. The lowest BCUT2D eigenvalue weighted by Gasteiger charge is -2.09. The van der Waals surface area contributed by atoms with Gasteiger partial charge in [0.05, 0.1) is 17.4 Å². The van der Waals surface area contributed by atoms with E-state index in [0.717, 1.165) is 0 Å². The molecule has 3 heterocycles. The first kappa shape index (κ1) is 21.7. The number of rotatable bonds is 6. The van der Waals surface area contributed by atoms with Gasteiger partial charge >= 0.3 is 0 Å². The van der Waals surface area contributed by atoms with Gasteiger partial charge in [0.25, 0.3) is 15.9 Å². The highest BCUT2D eigenvalue weighted by atomic mass is 35.5. The topological polar surface area (TPSA) is 119 Å². The Morgan fingerprint density at radius 1 is 0.971 bits per heavy atom. The summed E-state index contributed by atoms with van der Waals surface area (Å²) in [6, 6.07) is 17.4. The normalized spacial score (nSPS) is 11.4. The van der Waals surface area contributed by atoms with E-state index in [1.54, 1.807) is 54.9 Å². The van der Waals surface area contributed by atoms with Gasteiger partial charge in [0.2, 0.25) is 0 Å². The maximum Gasteiger partial charge on any atom is 0.261 e. The highest BCUT2D eigenvalue weighted by molar-refractivity contribution is 7.92. The highest BCUT2D eigenvalue weighted by Gasteiger charge is 2.18. The number of aromatic nitrogens is 3. The number of sulfonamides is 1. The lowest BCUT2D eigenvalue weighted by atomic mass is 10.2. The molecule has 11 heteroatoms. The van der Waals surface area contributed by atoms with Crippen LogP contribution in [0.5, 0.6) is 0 Å². The molecule has 5 rings (SSSR count). The monoisotopic (exact) mass is 493 g/mol. The molecule has 2 aromatic carbocycles. The summed E-state index contributed by atoms with van der Waals surface area (Å²) in [4.78, 5) is 17.2. The van der Waals surface area contributed by atoms with Gasteiger partial charge in [0, 0.05) is 22.6 Å². The number of carbonyl (C=O) groups is 1. The van der Waals surface area contributed by atoms with Crippen LogP contribution in [0.3, 0.4) is 0 Å². The van der Waals surface area contributed by atoms with Crippen molar-refractivity contribution >= 4 is 44.6 Å². The van der Waals surface area contributed by atoms with E-state index >= 15 is 0 Å². The second-order valence-electron chi connectivity index (χ2n) is 7.19. The number of carbonyl (C=O) groups excluding carboxylic acids is 1. The fraction of sp³-hybridized carbons (Fsp3) is 0. The summed E-state index contributed by atoms with van der Waals surface area (Å²) < 4.78 is 34.7. The molecule has 5 aromatic rings. The van der Waals surface area contributed by atoms with Crippen LogP contribution in [0, 0.1) is 0 Å². The van der Waals surface area contributed by atoms with E-state index < -0.39 is 15.9 Å². The molecule has 0 fully saturated rings. The van der Waals surface area contributed by atoms with E-state index in [1.165, 1.54) is 35.0 Å². The molecule has 0 aliphatic rings. The standard InChI is InChI=1S/C23H16ClN5O4S/c24-15-3-5-17(6-4-15)28-34(31,32)18-9-7-16(8-10-18)27-23(30)19-14-26-29-20(11-12-25-22(19)29)21-2-1-13-33-21/h1-14,28H,(H,27,30). The van der Waals surface area contributed by atoms with Gasteiger partial charge in [-0.25, -0.2) is 17.9 Å². The summed E-state index contributed by atoms with van der Waals surface area (Å²) in [7, 11) is -3.81. The molecule has 2 N–H and O–H groups in total. The Morgan fingerprint density at radius 2 is 1.71 bits per heavy atom. The van der Waals surface area contributed by atoms with Gasteiger partial charge in [-0.2, -0.15) is 5.10 Å². The van der Waals surface area contributed by atoms with E-state index in [1.807, 2.05) is 0 Å². The summed E-state index contributed by atoms with van der Waals surface area (Å²) in [5, 5.41) is 7.51. The van der Waals surface area contributed by atoms with Crippen molar-refractivity contribution in [3.05, 3.63) is 96.0 Å². The lowest BCUT2D eigenvalue weighted by molar-refractivity contribution is 0.102. The van der Waals surface area contributed by atoms with Crippen molar-refractivity contribution in [2.24, 2.45) is 0 Å². The molecule has 0 unspecified atom stereocenters. The molecule has 0 atom stereocenters. The Balaban J connectivity index is 1.34. The van der Waals surface area contributed by atoms with Gasteiger partial charge in [0.15, 0.2) is 11.4 Å². The van der Waals surface area contributed by atoms with Gasteiger partial charge < -0.3 is 9.73 Å². The molecular weight excluding hydrogens is 478 g/mol. The van der Waals surface area contributed by atoms with E-state index in [2.05, 4.69) is 20.1 Å². The maximum atomic E-state index is 12.9. The van der Waals surface area contributed by atoms with Crippen molar-refractivity contribution in [3.8, 4) is 11.5 Å². The predicted molar refractivity (Wildman–Crippen MR) is 127 cm³/mol. The Morgan fingerprint density at radius 3 is 2.41 bits per heavy atom. The fourth-order valence-corrected chi connectivity index (χ4v) is 4.50. The van der Waals surface area contributed by atoms with Crippen LogP contribution >= 0.6 is 11.6 Å². The minimum atomic E-state index is -3.81. The smallest absolute Gasteiger partial charge is 0.261 e. The zero-order valence-corrected chi connectivity index (χ0v) is 18.9. The Labute approximate surface area is 199 Å². The number of benzene rings is 2. The van der Waals surface area contributed by atoms with Crippen LogP contribution in [0.2, 0.25) is 5.02 Å². The van der Waals surface area contributed by atoms with E-state index in [4.69, 9.17) is 16.0 Å². The maximum absolute atomic E-state index is 12.9. The Kier molecular flexibility index (Phi) is 5.52. The van der Waals surface area contributed by atoms with Crippen molar-refractivity contribution in [3.63, 3.8) is 0 Å². The van der Waals surface area contributed by atoms with Crippen LogP contribution < -0.4 is 10.0 Å². The number of amides is 1. The molecule has 0 saturated heterocycles. The minimum Gasteiger partial charge on any atom is -0.463 e. The number of fused-ring (bicyclic) bond motifs is 1. The molecule has 3 aromatic heterocycles. The number of nitrogens with zero attached hydrogens (tertiary/aromatic N) is 3. The van der Waals surface area contributed by atoms with E-state index in [0.29, 0.717) is 33.5 Å². The van der Waals surface area contributed by atoms with Crippen molar-refractivity contribution in [1.29, 1.82) is 0 Å². The van der Waals surface area contributed by atoms with Crippen molar-refractivity contribution in [2.45, 2.75) is 4.90 Å². The third-order valence-electron chi connectivity index (χ3n) is 4.94. The minimum absolute atomic E-state index is 0.0428. The highest BCUT2D eigenvalue weighted by Crippen LogP contribution is 2.23. The summed E-state index contributed by atoms with van der Waals surface area (Å²) in [5.74, 6) is 0.153. The van der Waals surface area contributed by atoms with Gasteiger partial charge in [-0.3, -0.25) is 9.52 Å². The third-order valence-corrected chi connectivity index (χ3v) is 6.59. The van der Waals surface area contributed by atoms with Crippen LogP contribution in [0.15, 0.2) is 94.7 Å². The van der Waals surface area contributed by atoms with Gasteiger partial charge in [-0.15, -0.1) is 0 Å². The number of furan rings is 1. The Hall–Kier alpha value is -4.15. The molecule has 0 saturated carbocycles. The lowest BCUT2D eigenvalue weighted by Crippen LogP contribution is -2.14. The molecule has 0 aliphatic heterocycles. The largest absolute Gasteiger partial charge is 0.463 e. The first-order chi connectivity index (χ1) is 16.4.